The minimum absolute atomic E-state index is 0.0233. The van der Waals surface area contributed by atoms with Gasteiger partial charge in [-0.25, -0.2) is 19.0 Å². The second-order valence-corrected chi connectivity index (χ2v) is 6.17. The smallest absolute Gasteiger partial charge is 0.340 e. The summed E-state index contributed by atoms with van der Waals surface area (Å²) in [7, 11) is 1.27. The molecular weight excluding hydrogens is 373 g/mol. The van der Waals surface area contributed by atoms with Crippen LogP contribution in [-0.2, 0) is 16.1 Å². The molecule has 0 spiro atoms. The van der Waals surface area contributed by atoms with Crippen LogP contribution < -0.4 is 0 Å². The Balaban J connectivity index is 1.96. The number of halogens is 2. The molecule has 5 nitrogen and oxygen atoms in total. The topological polar surface area (TPSA) is 65.5 Å². The van der Waals surface area contributed by atoms with E-state index in [1.165, 1.54) is 13.2 Å². The van der Waals surface area contributed by atoms with E-state index in [0.29, 0.717) is 11.1 Å². The van der Waals surface area contributed by atoms with Gasteiger partial charge in [0.1, 0.15) is 12.4 Å². The highest BCUT2D eigenvalue weighted by Crippen LogP contribution is 2.25. The van der Waals surface area contributed by atoms with E-state index in [1.54, 1.807) is 13.0 Å². The van der Waals surface area contributed by atoms with Gasteiger partial charge in [0.25, 0.3) is 0 Å². The molecule has 2 aromatic carbocycles. The van der Waals surface area contributed by atoms with Crippen LogP contribution in [0.15, 0.2) is 42.5 Å². The number of methoxy groups -OCH3 is 1. The Morgan fingerprint density at radius 1 is 1.15 bits per heavy atom. The van der Waals surface area contributed by atoms with Crippen LogP contribution in [0.2, 0.25) is 5.02 Å². The highest BCUT2D eigenvalue weighted by atomic mass is 35.5. The summed E-state index contributed by atoms with van der Waals surface area (Å²) in [6.07, 6.45) is 0. The molecule has 3 aromatic rings. The first kappa shape index (κ1) is 18.8. The first-order valence-corrected chi connectivity index (χ1v) is 8.39. The highest BCUT2D eigenvalue weighted by molar-refractivity contribution is 6.33. The van der Waals surface area contributed by atoms with Crippen LogP contribution in [0.4, 0.5) is 4.39 Å². The molecule has 7 heteroatoms. The van der Waals surface area contributed by atoms with Crippen molar-refractivity contribution in [3.63, 3.8) is 0 Å². The zero-order chi connectivity index (χ0) is 19.6. The van der Waals surface area contributed by atoms with Crippen LogP contribution in [0.3, 0.4) is 0 Å². The molecule has 0 aliphatic carbocycles. The number of pyridine rings is 1. The third-order valence-electron chi connectivity index (χ3n) is 4.11. The zero-order valence-electron chi connectivity index (χ0n) is 14.6. The van der Waals surface area contributed by atoms with Gasteiger partial charge in [-0.15, -0.1) is 0 Å². The summed E-state index contributed by atoms with van der Waals surface area (Å²) in [5, 5.41) is 0.741. The molecule has 0 saturated carbocycles. The SMILES string of the molecule is COC(=O)c1c(COC(=O)c2ccc(F)cc2Cl)nc2ccccc2c1C. The standard InChI is InChI=1S/C20H15ClFNO4/c1-11-13-5-3-4-6-16(13)23-17(18(11)20(25)26-2)10-27-19(24)14-8-7-12(22)9-15(14)21/h3-9H,10H2,1-2H3. The largest absolute Gasteiger partial charge is 0.465 e. The van der Waals surface area contributed by atoms with Crippen molar-refractivity contribution in [3.05, 3.63) is 75.7 Å². The van der Waals surface area contributed by atoms with Crippen molar-refractivity contribution in [2.24, 2.45) is 0 Å². The lowest BCUT2D eigenvalue weighted by atomic mass is 10.0. The number of carbonyl (C=O) groups excluding carboxylic acids is 2. The predicted octanol–water partition coefficient (Wildman–Crippen LogP) is 4.48. The number of hydrogen-bond donors (Lipinski definition) is 0. The van der Waals surface area contributed by atoms with Gasteiger partial charge in [-0.1, -0.05) is 29.8 Å². The molecule has 0 aliphatic heterocycles. The van der Waals surface area contributed by atoms with E-state index in [9.17, 15) is 14.0 Å². The lowest BCUT2D eigenvalue weighted by molar-refractivity contribution is 0.0455. The van der Waals surface area contributed by atoms with Gasteiger partial charge in [-0.05, 0) is 36.8 Å². The van der Waals surface area contributed by atoms with Gasteiger partial charge in [0.05, 0.1) is 34.5 Å². The molecule has 0 atom stereocenters. The number of hydrogen-bond acceptors (Lipinski definition) is 5. The molecule has 0 amide bonds. The first-order chi connectivity index (χ1) is 12.9. The van der Waals surface area contributed by atoms with Crippen molar-refractivity contribution in [1.82, 2.24) is 4.98 Å². The van der Waals surface area contributed by atoms with Gasteiger partial charge >= 0.3 is 11.9 Å². The van der Waals surface area contributed by atoms with Crippen molar-refractivity contribution in [1.29, 1.82) is 0 Å². The third-order valence-corrected chi connectivity index (χ3v) is 4.42. The van der Waals surface area contributed by atoms with Gasteiger partial charge in [0.2, 0.25) is 0 Å². The molecule has 0 fully saturated rings. The second kappa shape index (κ2) is 7.72. The van der Waals surface area contributed by atoms with Crippen LogP contribution in [0.5, 0.6) is 0 Å². The van der Waals surface area contributed by atoms with E-state index >= 15 is 0 Å². The van der Waals surface area contributed by atoms with Gasteiger partial charge in [0, 0.05) is 5.39 Å². The summed E-state index contributed by atoms with van der Waals surface area (Å²) < 4.78 is 23.2. The van der Waals surface area contributed by atoms with Crippen molar-refractivity contribution in [2.45, 2.75) is 13.5 Å². The lowest BCUT2D eigenvalue weighted by Crippen LogP contribution is -2.14. The third kappa shape index (κ3) is 3.75. The number of fused-ring (bicyclic) bond motifs is 1. The van der Waals surface area contributed by atoms with E-state index in [4.69, 9.17) is 21.1 Å². The average molecular weight is 388 g/mol. The molecule has 27 heavy (non-hydrogen) atoms. The molecule has 0 aliphatic rings. The average Bonchev–Trinajstić information content (AvgIpc) is 2.65. The number of rotatable bonds is 4. The molecule has 0 saturated heterocycles. The zero-order valence-corrected chi connectivity index (χ0v) is 15.3. The molecule has 0 unspecified atom stereocenters. The van der Waals surface area contributed by atoms with Gasteiger partial charge in [-0.2, -0.15) is 0 Å². The number of para-hydroxylation sites is 1. The van der Waals surface area contributed by atoms with Crippen molar-refractivity contribution in [3.8, 4) is 0 Å². The van der Waals surface area contributed by atoms with Crippen molar-refractivity contribution < 1.29 is 23.5 Å². The van der Waals surface area contributed by atoms with Crippen LogP contribution in [0.25, 0.3) is 10.9 Å². The molecule has 0 N–H and O–H groups in total. The summed E-state index contributed by atoms with van der Waals surface area (Å²) in [6, 6.07) is 10.7. The van der Waals surface area contributed by atoms with E-state index in [1.807, 2.05) is 18.2 Å². The van der Waals surface area contributed by atoms with Gasteiger partial charge in [0.15, 0.2) is 0 Å². The molecule has 3 rings (SSSR count). The Morgan fingerprint density at radius 3 is 2.59 bits per heavy atom. The molecular formula is C20H15ClFNO4. The van der Waals surface area contributed by atoms with Crippen LogP contribution >= 0.6 is 11.6 Å². The molecule has 138 valence electrons. The normalized spacial score (nSPS) is 10.7. The van der Waals surface area contributed by atoms with E-state index in [-0.39, 0.29) is 28.5 Å². The second-order valence-electron chi connectivity index (χ2n) is 5.77. The Kier molecular flexibility index (Phi) is 5.37. The highest BCUT2D eigenvalue weighted by Gasteiger charge is 2.21. The number of carbonyl (C=O) groups is 2. The summed E-state index contributed by atoms with van der Waals surface area (Å²) in [5.41, 5.74) is 1.88. The number of benzene rings is 2. The molecule has 1 aromatic heterocycles. The monoisotopic (exact) mass is 387 g/mol. The predicted molar refractivity (Wildman–Crippen MR) is 98.3 cm³/mol. The van der Waals surface area contributed by atoms with Gasteiger partial charge < -0.3 is 9.47 Å². The Labute approximate surface area is 159 Å². The number of aryl methyl sites for hydroxylation is 1. The lowest BCUT2D eigenvalue weighted by Gasteiger charge is -2.13. The summed E-state index contributed by atoms with van der Waals surface area (Å²) in [5.74, 6) is -1.88. The van der Waals surface area contributed by atoms with Crippen molar-refractivity contribution >= 4 is 34.4 Å². The minimum atomic E-state index is -0.747. The van der Waals surface area contributed by atoms with Crippen LogP contribution in [-0.4, -0.2) is 24.0 Å². The number of ether oxygens (including phenoxy) is 2. The van der Waals surface area contributed by atoms with E-state index in [0.717, 1.165) is 17.5 Å². The maximum Gasteiger partial charge on any atom is 0.340 e. The fraction of sp³-hybridized carbons (Fsp3) is 0.150. The van der Waals surface area contributed by atoms with Crippen LogP contribution in [0.1, 0.15) is 32.0 Å². The summed E-state index contributed by atoms with van der Waals surface area (Å²) >= 11 is 5.88. The van der Waals surface area contributed by atoms with Crippen molar-refractivity contribution in [2.75, 3.05) is 7.11 Å². The Hall–Kier alpha value is -2.99. The van der Waals surface area contributed by atoms with Gasteiger partial charge in [-0.3, -0.25) is 0 Å². The molecule has 1 heterocycles. The summed E-state index contributed by atoms with van der Waals surface area (Å²) in [6.45, 7) is 1.51. The maximum absolute atomic E-state index is 13.1. The summed E-state index contributed by atoms with van der Waals surface area (Å²) in [4.78, 5) is 29.0. The first-order valence-electron chi connectivity index (χ1n) is 8.01. The number of nitrogens with zero attached hydrogens (tertiary/aromatic N) is 1. The fourth-order valence-electron chi connectivity index (χ4n) is 2.78. The minimum Gasteiger partial charge on any atom is -0.465 e. The van der Waals surface area contributed by atoms with E-state index in [2.05, 4.69) is 4.98 Å². The molecule has 0 radical (unpaired) electrons. The quantitative estimate of drug-likeness (QED) is 0.617. The maximum atomic E-state index is 13.1. The van der Waals surface area contributed by atoms with E-state index < -0.39 is 17.8 Å². The fourth-order valence-corrected chi connectivity index (χ4v) is 3.03. The number of aromatic nitrogens is 1. The number of esters is 2. The van der Waals surface area contributed by atoms with Crippen LogP contribution in [0, 0.1) is 12.7 Å². The Morgan fingerprint density at radius 2 is 1.89 bits per heavy atom. The molecule has 0 bridgehead atoms. The Bertz CT molecular complexity index is 1050.